The van der Waals surface area contributed by atoms with Crippen molar-refractivity contribution in [3.8, 4) is 11.5 Å². The highest BCUT2D eigenvalue weighted by molar-refractivity contribution is 6.30. The Morgan fingerprint density at radius 3 is 2.42 bits per heavy atom. The number of benzene rings is 2. The Morgan fingerprint density at radius 1 is 1.04 bits per heavy atom. The molecular weight excluding hydrogens is 362 g/mol. The van der Waals surface area contributed by atoms with Crippen LogP contribution >= 0.6 is 11.6 Å². The van der Waals surface area contributed by atoms with E-state index in [0.29, 0.717) is 16.2 Å². The second-order valence-corrected chi connectivity index (χ2v) is 5.66. The van der Waals surface area contributed by atoms with E-state index in [1.807, 2.05) is 0 Å². The number of esters is 1. The number of amides is 1. The third kappa shape index (κ3) is 4.01. The Kier molecular flexibility index (Phi) is 4.90. The van der Waals surface area contributed by atoms with Gasteiger partial charge in [0.1, 0.15) is 22.6 Å². The lowest BCUT2D eigenvalue weighted by Gasteiger charge is -2.07. The lowest BCUT2D eigenvalue weighted by atomic mass is 10.2. The first-order valence-corrected chi connectivity index (χ1v) is 7.77. The van der Waals surface area contributed by atoms with Crippen molar-refractivity contribution >= 4 is 34.4 Å². The summed E-state index contributed by atoms with van der Waals surface area (Å²) >= 11 is 5.76. The maximum atomic E-state index is 11.9. The molecule has 0 spiro atoms. The molecule has 26 heavy (non-hydrogen) atoms. The first kappa shape index (κ1) is 17.5. The Balaban J connectivity index is 1.71. The van der Waals surface area contributed by atoms with Gasteiger partial charge in [-0.25, -0.2) is 9.59 Å². The summed E-state index contributed by atoms with van der Waals surface area (Å²) in [6.45, 7) is -0.315. The van der Waals surface area contributed by atoms with Crippen LogP contribution in [-0.2, 0) is 4.79 Å². The maximum absolute atomic E-state index is 11.9. The van der Waals surface area contributed by atoms with Crippen LogP contribution in [0.1, 0.15) is 10.4 Å². The van der Waals surface area contributed by atoms with Crippen molar-refractivity contribution in [1.29, 1.82) is 0 Å². The fourth-order valence-electron chi connectivity index (χ4n) is 2.16. The minimum atomic E-state index is -0.879. The number of carbonyl (C=O) groups is 2. The first-order chi connectivity index (χ1) is 12.4. The second kappa shape index (κ2) is 7.28. The molecule has 0 aliphatic rings. The number of ether oxygens (including phenoxy) is 2. The van der Waals surface area contributed by atoms with Gasteiger partial charge in [-0.1, -0.05) is 11.6 Å². The normalized spacial score (nSPS) is 10.5. The fraction of sp³-hybridized carbons (Fsp3) is 0.0556. The van der Waals surface area contributed by atoms with Crippen molar-refractivity contribution in [1.82, 2.24) is 0 Å². The van der Waals surface area contributed by atoms with Crippen LogP contribution in [0.5, 0.6) is 11.5 Å². The summed E-state index contributed by atoms with van der Waals surface area (Å²) in [5.74, 6) is -0.891. The first-order valence-electron chi connectivity index (χ1n) is 7.39. The highest BCUT2D eigenvalue weighted by Gasteiger charge is 2.12. The van der Waals surface area contributed by atoms with Crippen molar-refractivity contribution in [2.75, 3.05) is 6.61 Å². The molecule has 0 atom stereocenters. The molecule has 0 fully saturated rings. The highest BCUT2D eigenvalue weighted by atomic mass is 35.5. The summed E-state index contributed by atoms with van der Waals surface area (Å²) < 4.78 is 15.5. The SMILES string of the molecule is NC(=O)c1cc2ccc(OC(=O)COc3ccc(Cl)cc3)cc2oc1=O. The monoisotopic (exact) mass is 373 g/mol. The number of rotatable bonds is 5. The molecule has 1 amide bonds. The molecule has 8 heteroatoms. The van der Waals surface area contributed by atoms with Crippen LogP contribution in [0.2, 0.25) is 5.02 Å². The number of primary amides is 1. The van der Waals surface area contributed by atoms with E-state index in [1.54, 1.807) is 24.3 Å². The van der Waals surface area contributed by atoms with E-state index in [4.69, 9.17) is 31.2 Å². The number of fused-ring (bicyclic) bond motifs is 1. The van der Waals surface area contributed by atoms with Crippen molar-refractivity contribution in [2.45, 2.75) is 0 Å². The quantitative estimate of drug-likeness (QED) is 0.418. The minimum absolute atomic E-state index is 0.156. The summed E-state index contributed by atoms with van der Waals surface area (Å²) in [7, 11) is 0. The number of halogens is 1. The molecule has 1 aromatic heterocycles. The van der Waals surface area contributed by atoms with E-state index in [0.717, 1.165) is 0 Å². The summed E-state index contributed by atoms with van der Waals surface area (Å²) in [5.41, 5.74) is 4.15. The maximum Gasteiger partial charge on any atom is 0.349 e. The van der Waals surface area contributed by atoms with Crippen LogP contribution < -0.4 is 20.8 Å². The van der Waals surface area contributed by atoms with Crippen LogP contribution in [-0.4, -0.2) is 18.5 Å². The number of hydrogen-bond acceptors (Lipinski definition) is 6. The molecule has 0 bridgehead atoms. The summed E-state index contributed by atoms with van der Waals surface area (Å²) in [6.07, 6.45) is 0. The standard InChI is InChI=1S/C18H12ClNO6/c19-11-2-5-12(6-3-11)24-9-16(21)25-13-4-1-10-7-14(17(20)22)18(23)26-15(10)8-13/h1-8H,9H2,(H2,20,22). The van der Waals surface area contributed by atoms with Gasteiger partial charge in [-0.05, 0) is 42.5 Å². The third-order valence-electron chi connectivity index (χ3n) is 3.37. The summed E-state index contributed by atoms with van der Waals surface area (Å²) in [6, 6.07) is 12.2. The van der Waals surface area contributed by atoms with E-state index in [2.05, 4.69) is 0 Å². The largest absolute Gasteiger partial charge is 0.482 e. The fourth-order valence-corrected chi connectivity index (χ4v) is 2.29. The van der Waals surface area contributed by atoms with Gasteiger partial charge in [0.25, 0.3) is 5.91 Å². The van der Waals surface area contributed by atoms with Crippen LogP contribution in [0.3, 0.4) is 0 Å². The van der Waals surface area contributed by atoms with Gasteiger partial charge in [-0.2, -0.15) is 0 Å². The average molecular weight is 374 g/mol. The Labute approximate surface area is 151 Å². The summed E-state index contributed by atoms with van der Waals surface area (Å²) in [4.78, 5) is 34.7. The van der Waals surface area contributed by atoms with Gasteiger partial charge in [-0.3, -0.25) is 4.79 Å². The van der Waals surface area contributed by atoms with E-state index >= 15 is 0 Å². The average Bonchev–Trinajstić information content (AvgIpc) is 2.60. The van der Waals surface area contributed by atoms with Crippen molar-refractivity contribution in [3.63, 3.8) is 0 Å². The van der Waals surface area contributed by atoms with E-state index in [9.17, 15) is 14.4 Å². The van der Waals surface area contributed by atoms with Gasteiger partial charge >= 0.3 is 11.6 Å². The Morgan fingerprint density at radius 2 is 1.73 bits per heavy atom. The molecule has 0 aliphatic heterocycles. The van der Waals surface area contributed by atoms with Gasteiger partial charge < -0.3 is 19.6 Å². The zero-order valence-electron chi connectivity index (χ0n) is 13.2. The molecule has 0 unspecified atom stereocenters. The molecule has 3 aromatic rings. The lowest BCUT2D eigenvalue weighted by Crippen LogP contribution is -2.20. The smallest absolute Gasteiger partial charge is 0.349 e. The molecule has 0 saturated carbocycles. The lowest BCUT2D eigenvalue weighted by molar-refractivity contribution is -0.136. The number of nitrogens with two attached hydrogens (primary N) is 1. The van der Waals surface area contributed by atoms with Crippen molar-refractivity contribution in [2.24, 2.45) is 5.73 Å². The molecule has 2 N–H and O–H groups in total. The molecule has 132 valence electrons. The Hall–Kier alpha value is -3.32. The molecule has 0 radical (unpaired) electrons. The zero-order valence-corrected chi connectivity index (χ0v) is 14.0. The number of hydrogen-bond donors (Lipinski definition) is 1. The van der Waals surface area contributed by atoms with E-state index in [-0.39, 0.29) is 23.5 Å². The molecular formula is C18H12ClNO6. The van der Waals surface area contributed by atoms with Gasteiger partial charge in [0.2, 0.25) is 0 Å². The predicted octanol–water partition coefficient (Wildman–Crippen LogP) is 2.53. The van der Waals surface area contributed by atoms with E-state index in [1.165, 1.54) is 24.3 Å². The molecule has 3 rings (SSSR count). The van der Waals surface area contributed by atoms with Gasteiger partial charge in [-0.15, -0.1) is 0 Å². The van der Waals surface area contributed by atoms with Crippen molar-refractivity contribution < 1.29 is 23.5 Å². The highest BCUT2D eigenvalue weighted by Crippen LogP contribution is 2.21. The predicted molar refractivity (Wildman–Crippen MR) is 93.6 cm³/mol. The third-order valence-corrected chi connectivity index (χ3v) is 3.63. The van der Waals surface area contributed by atoms with Gasteiger partial charge in [0.05, 0.1) is 0 Å². The minimum Gasteiger partial charge on any atom is -0.482 e. The van der Waals surface area contributed by atoms with Gasteiger partial charge in [0.15, 0.2) is 6.61 Å². The van der Waals surface area contributed by atoms with Crippen molar-refractivity contribution in [3.05, 3.63) is 69.5 Å². The molecule has 7 nitrogen and oxygen atoms in total. The molecule has 1 heterocycles. The van der Waals surface area contributed by atoms with E-state index < -0.39 is 17.5 Å². The van der Waals surface area contributed by atoms with Gasteiger partial charge in [0, 0.05) is 16.5 Å². The second-order valence-electron chi connectivity index (χ2n) is 5.23. The van der Waals surface area contributed by atoms with Crippen LogP contribution in [0.4, 0.5) is 0 Å². The van der Waals surface area contributed by atoms with Crippen LogP contribution in [0.15, 0.2) is 57.7 Å². The number of carbonyl (C=O) groups excluding carboxylic acids is 2. The zero-order chi connectivity index (χ0) is 18.7. The molecule has 0 aliphatic carbocycles. The molecule has 0 saturated heterocycles. The topological polar surface area (TPSA) is 109 Å². The Bertz CT molecular complexity index is 1040. The molecule has 2 aromatic carbocycles. The summed E-state index contributed by atoms with van der Waals surface area (Å²) in [5, 5.41) is 1.02. The van der Waals surface area contributed by atoms with Crippen LogP contribution in [0, 0.1) is 0 Å². The van der Waals surface area contributed by atoms with Crippen LogP contribution in [0.25, 0.3) is 11.0 Å².